The highest BCUT2D eigenvalue weighted by atomic mass is 35.5. The van der Waals surface area contributed by atoms with Gasteiger partial charge in [0.05, 0.1) is 23.3 Å². The maximum Gasteiger partial charge on any atom is 0.339 e. The molecule has 1 aliphatic rings. The highest BCUT2D eigenvalue weighted by Crippen LogP contribution is 2.32. The third kappa shape index (κ3) is 4.72. The Bertz CT molecular complexity index is 1460. The molecule has 1 aromatic heterocycles. The van der Waals surface area contributed by atoms with Crippen molar-refractivity contribution in [2.45, 2.75) is 4.90 Å². The van der Waals surface area contributed by atoms with Gasteiger partial charge in [-0.3, -0.25) is 14.3 Å². The minimum absolute atomic E-state index is 0.0115. The van der Waals surface area contributed by atoms with E-state index in [0.717, 1.165) is 4.90 Å². The molecule has 0 fully saturated rings. The van der Waals surface area contributed by atoms with Crippen molar-refractivity contribution >= 4 is 56.6 Å². The van der Waals surface area contributed by atoms with Crippen molar-refractivity contribution in [1.82, 2.24) is 4.98 Å². The highest BCUT2D eigenvalue weighted by molar-refractivity contribution is 7.92. The van der Waals surface area contributed by atoms with E-state index in [1.54, 1.807) is 24.3 Å². The Kier molecular flexibility index (Phi) is 6.54. The van der Waals surface area contributed by atoms with Crippen LogP contribution in [0.3, 0.4) is 0 Å². The van der Waals surface area contributed by atoms with Gasteiger partial charge in [-0.2, -0.15) is 0 Å². The summed E-state index contributed by atoms with van der Waals surface area (Å²) in [6.07, 6.45) is 1.45. The van der Waals surface area contributed by atoms with Crippen LogP contribution in [0.15, 0.2) is 88.6 Å². The van der Waals surface area contributed by atoms with Gasteiger partial charge in [0.1, 0.15) is 16.5 Å². The number of nitrogens with zero attached hydrogens (tertiary/aromatic N) is 2. The van der Waals surface area contributed by atoms with Crippen molar-refractivity contribution in [3.05, 3.63) is 89.2 Å². The fraction of sp³-hybridized carbons (Fsp3) is 0.0435. The molecule has 1 aliphatic heterocycles. The van der Waals surface area contributed by atoms with Crippen molar-refractivity contribution in [2.24, 2.45) is 0 Å². The van der Waals surface area contributed by atoms with E-state index in [0.29, 0.717) is 5.69 Å². The second-order valence-corrected chi connectivity index (χ2v) is 9.17. The number of amides is 2. The number of ether oxygens (including phenoxy) is 1. The molecule has 0 spiro atoms. The number of carbonyl (C=O) groups is 3. The second kappa shape index (κ2) is 9.57. The summed E-state index contributed by atoms with van der Waals surface area (Å²) < 4.78 is 32.2. The molecule has 178 valence electrons. The quantitative estimate of drug-likeness (QED) is 0.364. The van der Waals surface area contributed by atoms with Gasteiger partial charge in [-0.25, -0.2) is 23.1 Å². The first kappa shape index (κ1) is 23.9. The lowest BCUT2D eigenvalue weighted by molar-refractivity contribution is -0.120. The van der Waals surface area contributed by atoms with Crippen LogP contribution in [0.4, 0.5) is 17.2 Å². The topological polar surface area (TPSA) is 135 Å². The Labute approximate surface area is 205 Å². The number of hydrogen-bond acceptors (Lipinski definition) is 8. The zero-order chi connectivity index (χ0) is 25.2. The number of anilines is 3. The van der Waals surface area contributed by atoms with E-state index in [1.165, 1.54) is 55.8 Å². The molecular formula is C23H17ClN4O6S. The number of para-hydroxylation sites is 1. The summed E-state index contributed by atoms with van der Waals surface area (Å²) >= 11 is 6.15. The molecule has 12 heteroatoms. The van der Waals surface area contributed by atoms with E-state index in [4.69, 9.17) is 16.3 Å². The molecule has 35 heavy (non-hydrogen) atoms. The summed E-state index contributed by atoms with van der Waals surface area (Å²) in [6, 6.07) is 16.2. The molecule has 0 bridgehead atoms. The Morgan fingerprint density at radius 3 is 2.31 bits per heavy atom. The molecule has 0 radical (unpaired) electrons. The number of sulfonamides is 1. The highest BCUT2D eigenvalue weighted by Gasteiger charge is 2.40. The fourth-order valence-electron chi connectivity index (χ4n) is 3.26. The number of halogens is 1. The molecule has 2 heterocycles. The van der Waals surface area contributed by atoms with Crippen LogP contribution < -0.4 is 14.9 Å². The molecule has 3 aromatic rings. The number of methoxy groups -OCH3 is 1. The normalized spacial score (nSPS) is 13.7. The minimum Gasteiger partial charge on any atom is -0.465 e. The molecule has 0 saturated heterocycles. The summed E-state index contributed by atoms with van der Waals surface area (Å²) in [4.78, 5) is 42.6. The van der Waals surface area contributed by atoms with E-state index < -0.39 is 27.8 Å². The van der Waals surface area contributed by atoms with Gasteiger partial charge >= 0.3 is 5.97 Å². The number of carbonyl (C=O) groups excluding carboxylic acids is 3. The van der Waals surface area contributed by atoms with Crippen molar-refractivity contribution in [2.75, 3.05) is 22.0 Å². The molecule has 2 aromatic carbocycles. The summed E-state index contributed by atoms with van der Waals surface area (Å²) in [5, 5.41) is 2.37. The number of imide groups is 1. The van der Waals surface area contributed by atoms with Crippen molar-refractivity contribution in [3.8, 4) is 0 Å². The minimum atomic E-state index is -3.90. The Hall–Kier alpha value is -4.22. The van der Waals surface area contributed by atoms with Crippen molar-refractivity contribution in [3.63, 3.8) is 0 Å². The van der Waals surface area contributed by atoms with Gasteiger partial charge in [0, 0.05) is 11.9 Å². The average molecular weight is 513 g/mol. The lowest BCUT2D eigenvalue weighted by Gasteiger charge is -2.18. The molecule has 0 unspecified atom stereocenters. The summed E-state index contributed by atoms with van der Waals surface area (Å²) in [5.74, 6) is -2.18. The van der Waals surface area contributed by atoms with Gasteiger partial charge in [-0.05, 0) is 48.5 Å². The van der Waals surface area contributed by atoms with Gasteiger partial charge < -0.3 is 10.1 Å². The lowest BCUT2D eigenvalue weighted by atomic mass is 10.1. The van der Waals surface area contributed by atoms with Gasteiger partial charge in [-0.1, -0.05) is 29.8 Å². The van der Waals surface area contributed by atoms with Crippen LogP contribution in [0.25, 0.3) is 0 Å². The smallest absolute Gasteiger partial charge is 0.339 e. The van der Waals surface area contributed by atoms with Crippen LogP contribution in [0.5, 0.6) is 0 Å². The Morgan fingerprint density at radius 1 is 0.971 bits per heavy atom. The molecular weight excluding hydrogens is 496 g/mol. The molecule has 2 amide bonds. The number of pyridine rings is 1. The number of hydrogen-bond donors (Lipinski definition) is 2. The largest absolute Gasteiger partial charge is 0.465 e. The maximum atomic E-state index is 13.1. The summed E-state index contributed by atoms with van der Waals surface area (Å²) in [5.41, 5.74) is 0.112. The first-order valence-electron chi connectivity index (χ1n) is 10.00. The average Bonchev–Trinajstić information content (AvgIpc) is 3.07. The van der Waals surface area contributed by atoms with Gasteiger partial charge in [0.15, 0.2) is 0 Å². The number of esters is 1. The van der Waals surface area contributed by atoms with E-state index in [2.05, 4.69) is 15.0 Å². The first-order valence-corrected chi connectivity index (χ1v) is 11.9. The maximum absolute atomic E-state index is 13.1. The number of benzene rings is 2. The van der Waals surface area contributed by atoms with Gasteiger partial charge in [0.2, 0.25) is 0 Å². The van der Waals surface area contributed by atoms with Crippen LogP contribution in [0, 0.1) is 0 Å². The van der Waals surface area contributed by atoms with Crippen LogP contribution in [0.2, 0.25) is 0 Å². The number of rotatable bonds is 7. The Balaban J connectivity index is 1.56. The van der Waals surface area contributed by atoms with Crippen LogP contribution >= 0.6 is 11.6 Å². The van der Waals surface area contributed by atoms with Gasteiger partial charge in [0.25, 0.3) is 21.8 Å². The molecule has 2 N–H and O–H groups in total. The van der Waals surface area contributed by atoms with Crippen molar-refractivity contribution in [1.29, 1.82) is 0 Å². The number of nitrogens with one attached hydrogen (secondary N) is 2. The molecule has 0 aliphatic carbocycles. The van der Waals surface area contributed by atoms with E-state index in [1.807, 2.05) is 0 Å². The van der Waals surface area contributed by atoms with E-state index >= 15 is 0 Å². The predicted octanol–water partition coefficient (Wildman–Crippen LogP) is 3.10. The zero-order valence-corrected chi connectivity index (χ0v) is 19.6. The van der Waals surface area contributed by atoms with E-state index in [9.17, 15) is 22.8 Å². The van der Waals surface area contributed by atoms with Crippen LogP contribution in [-0.4, -0.2) is 38.3 Å². The molecule has 0 saturated carbocycles. The van der Waals surface area contributed by atoms with E-state index in [-0.39, 0.29) is 32.7 Å². The predicted molar refractivity (Wildman–Crippen MR) is 128 cm³/mol. The fourth-order valence-corrected chi connectivity index (χ4v) is 4.48. The SMILES string of the molecule is COC(=O)c1ccccc1N1C(=O)C(Cl)=C(Nc2ccc(S(=O)(=O)Nc3ccccn3)cc2)C1=O. The van der Waals surface area contributed by atoms with Crippen molar-refractivity contribution < 1.29 is 27.5 Å². The lowest BCUT2D eigenvalue weighted by Crippen LogP contribution is -2.33. The molecule has 10 nitrogen and oxygen atoms in total. The third-order valence-corrected chi connectivity index (χ3v) is 6.64. The van der Waals surface area contributed by atoms with Gasteiger partial charge in [-0.15, -0.1) is 0 Å². The standard InChI is InChI=1S/C23H17ClN4O6S/c1-34-23(31)16-6-2-3-7-17(16)28-21(29)19(24)20(22(28)30)26-14-9-11-15(12-10-14)35(32,33)27-18-8-4-5-13-25-18/h2-13,26H,1H3,(H,25,27). The third-order valence-electron chi connectivity index (χ3n) is 4.92. The molecule has 0 atom stereocenters. The second-order valence-electron chi connectivity index (χ2n) is 7.11. The summed E-state index contributed by atoms with van der Waals surface area (Å²) in [7, 11) is -2.72. The van der Waals surface area contributed by atoms with Crippen LogP contribution in [0.1, 0.15) is 10.4 Å². The first-order chi connectivity index (χ1) is 16.7. The summed E-state index contributed by atoms with van der Waals surface area (Å²) in [6.45, 7) is 0. The van der Waals surface area contributed by atoms with Crippen LogP contribution in [-0.2, 0) is 24.3 Å². The number of aromatic nitrogens is 1. The zero-order valence-electron chi connectivity index (χ0n) is 18.1. The molecule has 4 rings (SSSR count). The Morgan fingerprint density at radius 2 is 1.66 bits per heavy atom. The monoisotopic (exact) mass is 512 g/mol.